The van der Waals surface area contributed by atoms with E-state index in [9.17, 15) is 17.6 Å². The van der Waals surface area contributed by atoms with Crippen LogP contribution in [0.15, 0.2) is 24.3 Å². The third kappa shape index (κ3) is 6.40. The highest BCUT2D eigenvalue weighted by atomic mass is 32.2. The van der Waals surface area contributed by atoms with Crippen LogP contribution in [0.4, 0.5) is 4.39 Å². The standard InChI is InChI=1S/C18H27FN2O3S/c1-25(23,24)21(16-9-4-2-3-5-10-16)14-18(22)20-13-12-15-8-6-7-11-17(15)19/h6-8,11,16H,2-5,9-10,12-14H2,1H3,(H,20,22). The molecule has 1 aromatic rings. The van der Waals surface area contributed by atoms with Gasteiger partial charge in [-0.3, -0.25) is 4.79 Å². The average molecular weight is 370 g/mol. The van der Waals surface area contributed by atoms with Crippen LogP contribution in [0.2, 0.25) is 0 Å². The van der Waals surface area contributed by atoms with Crippen LogP contribution in [0.3, 0.4) is 0 Å². The summed E-state index contributed by atoms with van der Waals surface area (Å²) in [6.45, 7) is 0.114. The molecule has 0 bridgehead atoms. The average Bonchev–Trinajstić information content (AvgIpc) is 2.82. The van der Waals surface area contributed by atoms with Crippen molar-refractivity contribution in [3.05, 3.63) is 35.6 Å². The monoisotopic (exact) mass is 370 g/mol. The third-order valence-electron chi connectivity index (χ3n) is 4.63. The smallest absolute Gasteiger partial charge is 0.235 e. The van der Waals surface area contributed by atoms with Gasteiger partial charge in [0.15, 0.2) is 0 Å². The van der Waals surface area contributed by atoms with Crippen molar-refractivity contribution >= 4 is 15.9 Å². The molecule has 7 heteroatoms. The number of amides is 1. The van der Waals surface area contributed by atoms with E-state index >= 15 is 0 Å². The minimum Gasteiger partial charge on any atom is -0.355 e. The van der Waals surface area contributed by atoms with Gasteiger partial charge < -0.3 is 5.32 Å². The van der Waals surface area contributed by atoms with Crippen LogP contribution in [-0.4, -0.2) is 44.0 Å². The lowest BCUT2D eigenvalue weighted by Gasteiger charge is -2.28. The predicted molar refractivity (Wildman–Crippen MR) is 96.2 cm³/mol. The summed E-state index contributed by atoms with van der Waals surface area (Å²) in [6.07, 6.45) is 7.35. The lowest BCUT2D eigenvalue weighted by atomic mass is 10.1. The molecule has 1 aliphatic carbocycles. The molecule has 1 aliphatic rings. The number of benzene rings is 1. The van der Waals surface area contributed by atoms with Gasteiger partial charge in [-0.2, -0.15) is 4.31 Å². The Morgan fingerprint density at radius 3 is 2.44 bits per heavy atom. The van der Waals surface area contributed by atoms with Crippen LogP contribution >= 0.6 is 0 Å². The highest BCUT2D eigenvalue weighted by Crippen LogP contribution is 2.23. The van der Waals surface area contributed by atoms with Crippen molar-refractivity contribution in [3.63, 3.8) is 0 Å². The van der Waals surface area contributed by atoms with Crippen LogP contribution in [0.5, 0.6) is 0 Å². The van der Waals surface area contributed by atoms with Crippen LogP contribution in [0, 0.1) is 5.82 Å². The molecular formula is C18H27FN2O3S. The summed E-state index contributed by atoms with van der Waals surface area (Å²) in [5.41, 5.74) is 0.534. The molecule has 0 aliphatic heterocycles. The van der Waals surface area contributed by atoms with E-state index < -0.39 is 10.0 Å². The summed E-state index contributed by atoms with van der Waals surface area (Å²) >= 11 is 0. The Balaban J connectivity index is 1.89. The van der Waals surface area contributed by atoms with Crippen molar-refractivity contribution in [2.75, 3.05) is 19.3 Å². The van der Waals surface area contributed by atoms with E-state index in [1.54, 1.807) is 18.2 Å². The fourth-order valence-corrected chi connectivity index (χ4v) is 4.40. The van der Waals surface area contributed by atoms with Crippen LogP contribution in [-0.2, 0) is 21.2 Å². The van der Waals surface area contributed by atoms with Gasteiger partial charge in [-0.25, -0.2) is 12.8 Å². The van der Waals surface area contributed by atoms with Crippen molar-refractivity contribution in [2.24, 2.45) is 0 Å². The van der Waals surface area contributed by atoms with Gasteiger partial charge in [-0.05, 0) is 30.9 Å². The van der Waals surface area contributed by atoms with Crippen LogP contribution < -0.4 is 5.32 Å². The summed E-state index contributed by atoms with van der Waals surface area (Å²) in [4.78, 5) is 12.2. The van der Waals surface area contributed by atoms with Gasteiger partial charge in [0, 0.05) is 12.6 Å². The Morgan fingerprint density at radius 2 is 1.84 bits per heavy atom. The second-order valence-electron chi connectivity index (χ2n) is 6.64. The Bertz CT molecular complexity index is 671. The number of halogens is 1. The molecule has 1 fully saturated rings. The Kier molecular flexibility index (Phi) is 7.38. The van der Waals surface area contributed by atoms with Gasteiger partial charge in [0.2, 0.25) is 15.9 Å². The largest absolute Gasteiger partial charge is 0.355 e. The third-order valence-corrected chi connectivity index (χ3v) is 5.91. The fraction of sp³-hybridized carbons (Fsp3) is 0.611. The van der Waals surface area contributed by atoms with Gasteiger partial charge in [0.05, 0.1) is 12.8 Å². The number of carbonyl (C=O) groups is 1. The van der Waals surface area contributed by atoms with Crippen molar-refractivity contribution < 1.29 is 17.6 Å². The Labute approximate surface area is 149 Å². The summed E-state index contributed by atoms with van der Waals surface area (Å²) in [7, 11) is -3.45. The van der Waals surface area contributed by atoms with Crippen LogP contribution in [0.1, 0.15) is 44.1 Å². The number of nitrogens with zero attached hydrogens (tertiary/aromatic N) is 1. The van der Waals surface area contributed by atoms with E-state index in [0.29, 0.717) is 12.0 Å². The summed E-state index contributed by atoms with van der Waals surface area (Å²) in [5.74, 6) is -0.640. The topological polar surface area (TPSA) is 66.5 Å². The number of nitrogens with one attached hydrogen (secondary N) is 1. The van der Waals surface area contributed by atoms with E-state index in [4.69, 9.17) is 0 Å². The summed E-state index contributed by atoms with van der Waals surface area (Å²) < 4.78 is 39.1. The molecular weight excluding hydrogens is 343 g/mol. The number of hydrogen-bond donors (Lipinski definition) is 1. The summed E-state index contributed by atoms with van der Waals surface area (Å²) in [5, 5.41) is 2.70. The Morgan fingerprint density at radius 1 is 1.20 bits per heavy atom. The molecule has 0 unspecified atom stereocenters. The first-order valence-electron chi connectivity index (χ1n) is 8.85. The van der Waals surface area contributed by atoms with E-state index in [0.717, 1.165) is 44.8 Å². The van der Waals surface area contributed by atoms with E-state index in [-0.39, 0.29) is 30.9 Å². The lowest BCUT2D eigenvalue weighted by molar-refractivity contribution is -0.121. The van der Waals surface area contributed by atoms with Crippen molar-refractivity contribution in [1.82, 2.24) is 9.62 Å². The quantitative estimate of drug-likeness (QED) is 0.750. The maximum atomic E-state index is 13.6. The van der Waals surface area contributed by atoms with Gasteiger partial charge >= 0.3 is 0 Å². The first-order valence-corrected chi connectivity index (χ1v) is 10.7. The first-order chi connectivity index (χ1) is 11.9. The molecule has 1 aromatic carbocycles. The van der Waals surface area contributed by atoms with E-state index in [1.165, 1.54) is 10.4 Å². The zero-order chi connectivity index (χ0) is 18.3. The minimum atomic E-state index is -3.45. The highest BCUT2D eigenvalue weighted by molar-refractivity contribution is 7.88. The molecule has 1 N–H and O–H groups in total. The highest BCUT2D eigenvalue weighted by Gasteiger charge is 2.29. The first kappa shape index (κ1) is 19.8. The molecule has 0 radical (unpaired) electrons. The minimum absolute atomic E-state index is 0.102. The summed E-state index contributed by atoms with van der Waals surface area (Å²) in [6, 6.07) is 6.32. The molecule has 0 heterocycles. The molecule has 140 valence electrons. The number of hydrogen-bond acceptors (Lipinski definition) is 3. The Hall–Kier alpha value is -1.47. The fourth-order valence-electron chi connectivity index (χ4n) is 3.30. The van der Waals surface area contributed by atoms with Crippen molar-refractivity contribution in [1.29, 1.82) is 0 Å². The molecule has 1 saturated carbocycles. The van der Waals surface area contributed by atoms with Gasteiger partial charge in [-0.1, -0.05) is 43.9 Å². The SMILES string of the molecule is CS(=O)(=O)N(CC(=O)NCCc1ccccc1F)C1CCCCCC1. The van der Waals surface area contributed by atoms with Crippen molar-refractivity contribution in [2.45, 2.75) is 51.0 Å². The second kappa shape index (κ2) is 9.29. The molecule has 0 spiro atoms. The molecule has 0 atom stereocenters. The van der Waals surface area contributed by atoms with Crippen molar-refractivity contribution in [3.8, 4) is 0 Å². The lowest BCUT2D eigenvalue weighted by Crippen LogP contribution is -2.46. The molecule has 1 amide bonds. The zero-order valence-electron chi connectivity index (χ0n) is 14.7. The predicted octanol–water partition coefficient (Wildman–Crippen LogP) is 2.47. The normalized spacial score (nSPS) is 16.6. The van der Waals surface area contributed by atoms with Crippen LogP contribution in [0.25, 0.3) is 0 Å². The second-order valence-corrected chi connectivity index (χ2v) is 8.58. The van der Waals surface area contributed by atoms with Gasteiger partial charge in [0.25, 0.3) is 0 Å². The number of carbonyl (C=O) groups excluding carboxylic acids is 1. The molecule has 0 aromatic heterocycles. The van der Waals surface area contributed by atoms with E-state index in [1.807, 2.05) is 0 Å². The molecule has 25 heavy (non-hydrogen) atoms. The van der Waals surface area contributed by atoms with Gasteiger partial charge in [0.1, 0.15) is 5.82 Å². The van der Waals surface area contributed by atoms with Gasteiger partial charge in [-0.15, -0.1) is 0 Å². The van der Waals surface area contributed by atoms with E-state index in [2.05, 4.69) is 5.32 Å². The molecule has 0 saturated heterocycles. The maximum Gasteiger partial charge on any atom is 0.235 e. The molecule has 2 rings (SSSR count). The number of rotatable bonds is 7. The maximum absolute atomic E-state index is 13.6. The molecule has 5 nitrogen and oxygen atoms in total. The number of sulfonamides is 1. The zero-order valence-corrected chi connectivity index (χ0v) is 15.5.